The SMILES string of the molecule is CC.Cc1cccc(O[C@@H]2CC[C@@H](C)C2)c1. The lowest BCUT2D eigenvalue weighted by molar-refractivity contribution is 0.205. The van der Waals surface area contributed by atoms with Gasteiger partial charge in [0, 0.05) is 0 Å². The second-order valence-corrected chi connectivity index (χ2v) is 4.47. The fourth-order valence-electron chi connectivity index (χ4n) is 2.14. The van der Waals surface area contributed by atoms with E-state index in [4.69, 9.17) is 4.74 Å². The third-order valence-electron chi connectivity index (χ3n) is 2.94. The standard InChI is InChI=1S/C13H18O.C2H6/c1-10-4-3-5-12(8-10)14-13-7-6-11(2)9-13;1-2/h3-5,8,11,13H,6-7,9H2,1-2H3;1-2H3/t11-,13-;/m1./s1. The molecule has 0 spiro atoms. The van der Waals surface area contributed by atoms with Crippen LogP contribution in [0, 0.1) is 12.8 Å². The zero-order valence-electron chi connectivity index (χ0n) is 11.0. The third kappa shape index (κ3) is 3.88. The number of hydrogen-bond acceptors (Lipinski definition) is 1. The highest BCUT2D eigenvalue weighted by Gasteiger charge is 2.22. The third-order valence-corrected chi connectivity index (χ3v) is 2.94. The van der Waals surface area contributed by atoms with Crippen molar-refractivity contribution in [1.29, 1.82) is 0 Å². The Kier molecular flexibility index (Phi) is 5.37. The summed E-state index contributed by atoms with van der Waals surface area (Å²) in [7, 11) is 0. The number of benzene rings is 1. The molecule has 1 aromatic carbocycles. The number of rotatable bonds is 2. The monoisotopic (exact) mass is 220 g/mol. The van der Waals surface area contributed by atoms with E-state index in [-0.39, 0.29) is 0 Å². The number of hydrogen-bond donors (Lipinski definition) is 0. The van der Waals surface area contributed by atoms with Crippen LogP contribution >= 0.6 is 0 Å². The van der Waals surface area contributed by atoms with E-state index >= 15 is 0 Å². The predicted molar refractivity (Wildman–Crippen MR) is 70.0 cm³/mol. The highest BCUT2D eigenvalue weighted by Crippen LogP contribution is 2.28. The summed E-state index contributed by atoms with van der Waals surface area (Å²) in [4.78, 5) is 0. The van der Waals surface area contributed by atoms with Gasteiger partial charge in [-0.1, -0.05) is 32.9 Å². The second-order valence-electron chi connectivity index (χ2n) is 4.47. The highest BCUT2D eigenvalue weighted by atomic mass is 16.5. The molecule has 1 saturated carbocycles. The zero-order chi connectivity index (χ0) is 12.0. The van der Waals surface area contributed by atoms with Crippen LogP contribution in [0.3, 0.4) is 0 Å². The summed E-state index contributed by atoms with van der Waals surface area (Å²) in [5.41, 5.74) is 1.27. The van der Waals surface area contributed by atoms with E-state index in [2.05, 4.69) is 38.1 Å². The largest absolute Gasteiger partial charge is 0.490 e. The Balaban J connectivity index is 0.000000606. The van der Waals surface area contributed by atoms with E-state index < -0.39 is 0 Å². The van der Waals surface area contributed by atoms with Crippen molar-refractivity contribution in [1.82, 2.24) is 0 Å². The van der Waals surface area contributed by atoms with Crippen molar-refractivity contribution in [2.45, 2.75) is 53.1 Å². The minimum atomic E-state index is 0.451. The molecule has 0 bridgehead atoms. The van der Waals surface area contributed by atoms with Crippen LogP contribution in [-0.4, -0.2) is 6.10 Å². The molecular weight excluding hydrogens is 196 g/mol. The molecule has 1 nitrogen and oxygen atoms in total. The van der Waals surface area contributed by atoms with Gasteiger partial charge in [-0.2, -0.15) is 0 Å². The smallest absolute Gasteiger partial charge is 0.119 e. The molecule has 0 aliphatic heterocycles. The van der Waals surface area contributed by atoms with E-state index in [1.165, 1.54) is 24.8 Å². The molecule has 16 heavy (non-hydrogen) atoms. The molecule has 2 rings (SSSR count). The first-order valence-corrected chi connectivity index (χ1v) is 6.47. The fraction of sp³-hybridized carbons (Fsp3) is 0.600. The van der Waals surface area contributed by atoms with Crippen molar-refractivity contribution in [2.75, 3.05) is 0 Å². The molecule has 1 aromatic rings. The van der Waals surface area contributed by atoms with Crippen LogP contribution < -0.4 is 4.74 Å². The summed E-state index contributed by atoms with van der Waals surface area (Å²) < 4.78 is 5.93. The Bertz CT molecular complexity index is 306. The molecule has 1 aliphatic carbocycles. The molecule has 1 fully saturated rings. The molecule has 1 aliphatic rings. The van der Waals surface area contributed by atoms with Crippen LogP contribution in [0.15, 0.2) is 24.3 Å². The summed E-state index contributed by atoms with van der Waals surface area (Å²) in [6.45, 7) is 8.41. The van der Waals surface area contributed by atoms with Crippen LogP contribution in [0.2, 0.25) is 0 Å². The van der Waals surface area contributed by atoms with Gasteiger partial charge in [-0.05, 0) is 49.8 Å². The Hall–Kier alpha value is -0.980. The molecule has 90 valence electrons. The normalized spacial score (nSPS) is 23.5. The maximum atomic E-state index is 5.93. The zero-order valence-corrected chi connectivity index (χ0v) is 11.0. The van der Waals surface area contributed by atoms with Crippen molar-refractivity contribution in [2.24, 2.45) is 5.92 Å². The first-order valence-electron chi connectivity index (χ1n) is 6.47. The summed E-state index contributed by atoms with van der Waals surface area (Å²) in [5.74, 6) is 1.87. The van der Waals surface area contributed by atoms with Crippen molar-refractivity contribution in [3.8, 4) is 5.75 Å². The highest BCUT2D eigenvalue weighted by molar-refractivity contribution is 5.27. The lowest BCUT2D eigenvalue weighted by Crippen LogP contribution is -2.11. The van der Waals surface area contributed by atoms with Crippen LogP contribution in [0.1, 0.15) is 45.6 Å². The van der Waals surface area contributed by atoms with Gasteiger partial charge in [-0.15, -0.1) is 0 Å². The van der Waals surface area contributed by atoms with Crippen LogP contribution in [0.5, 0.6) is 5.75 Å². The van der Waals surface area contributed by atoms with Crippen molar-refractivity contribution in [3.05, 3.63) is 29.8 Å². The molecular formula is C15H24O. The molecule has 0 aromatic heterocycles. The summed E-state index contributed by atoms with van der Waals surface area (Å²) in [5, 5.41) is 0. The lowest BCUT2D eigenvalue weighted by atomic mass is 10.1. The molecule has 0 heterocycles. The van der Waals surface area contributed by atoms with Crippen molar-refractivity contribution in [3.63, 3.8) is 0 Å². The predicted octanol–water partition coefficient (Wildman–Crippen LogP) is 4.59. The van der Waals surface area contributed by atoms with Gasteiger partial charge >= 0.3 is 0 Å². The Morgan fingerprint density at radius 2 is 1.94 bits per heavy atom. The quantitative estimate of drug-likeness (QED) is 0.708. The van der Waals surface area contributed by atoms with E-state index in [1.54, 1.807) is 0 Å². The van der Waals surface area contributed by atoms with E-state index in [9.17, 15) is 0 Å². The van der Waals surface area contributed by atoms with Crippen LogP contribution in [0.4, 0.5) is 0 Å². The average molecular weight is 220 g/mol. The van der Waals surface area contributed by atoms with E-state index in [0.717, 1.165) is 11.7 Å². The first kappa shape index (κ1) is 13.1. The summed E-state index contributed by atoms with van der Waals surface area (Å²) in [6, 6.07) is 8.33. The van der Waals surface area contributed by atoms with Crippen molar-refractivity contribution >= 4 is 0 Å². The van der Waals surface area contributed by atoms with Crippen LogP contribution in [-0.2, 0) is 0 Å². The Morgan fingerprint density at radius 1 is 1.19 bits per heavy atom. The van der Waals surface area contributed by atoms with Gasteiger partial charge < -0.3 is 4.74 Å². The minimum absolute atomic E-state index is 0.451. The first-order chi connectivity index (χ1) is 7.74. The number of aryl methyl sites for hydroxylation is 1. The van der Waals surface area contributed by atoms with Gasteiger partial charge in [-0.25, -0.2) is 0 Å². The topological polar surface area (TPSA) is 9.23 Å². The molecule has 0 unspecified atom stereocenters. The molecule has 2 atom stereocenters. The Labute approximate surface area is 99.8 Å². The van der Waals surface area contributed by atoms with E-state index in [0.29, 0.717) is 6.10 Å². The number of ether oxygens (including phenoxy) is 1. The van der Waals surface area contributed by atoms with Gasteiger partial charge in [0.1, 0.15) is 5.75 Å². The summed E-state index contributed by atoms with van der Waals surface area (Å²) in [6.07, 6.45) is 4.20. The average Bonchev–Trinajstić information content (AvgIpc) is 2.67. The molecule has 0 radical (unpaired) electrons. The molecule has 0 saturated heterocycles. The van der Waals surface area contributed by atoms with Crippen molar-refractivity contribution < 1.29 is 4.74 Å². The fourth-order valence-corrected chi connectivity index (χ4v) is 2.14. The summed E-state index contributed by atoms with van der Waals surface area (Å²) >= 11 is 0. The van der Waals surface area contributed by atoms with Gasteiger partial charge in [-0.3, -0.25) is 0 Å². The van der Waals surface area contributed by atoms with Gasteiger partial charge in [0.15, 0.2) is 0 Å². The maximum absolute atomic E-state index is 5.93. The van der Waals surface area contributed by atoms with Crippen LogP contribution in [0.25, 0.3) is 0 Å². The molecule has 1 heteroatoms. The second kappa shape index (κ2) is 6.57. The Morgan fingerprint density at radius 3 is 2.50 bits per heavy atom. The van der Waals surface area contributed by atoms with E-state index in [1.807, 2.05) is 13.8 Å². The molecule has 0 N–H and O–H groups in total. The van der Waals surface area contributed by atoms with Gasteiger partial charge in [0.25, 0.3) is 0 Å². The molecule has 0 amide bonds. The lowest BCUT2D eigenvalue weighted by Gasteiger charge is -2.13. The van der Waals surface area contributed by atoms with Gasteiger partial charge in [0.05, 0.1) is 6.10 Å². The van der Waals surface area contributed by atoms with Gasteiger partial charge in [0.2, 0.25) is 0 Å². The minimum Gasteiger partial charge on any atom is -0.490 e. The maximum Gasteiger partial charge on any atom is 0.119 e.